The summed E-state index contributed by atoms with van der Waals surface area (Å²) in [6.45, 7) is 3.77. The van der Waals surface area contributed by atoms with Crippen molar-refractivity contribution in [2.24, 2.45) is 0 Å². The SMILES string of the molecule is COc1cc(C)c(Cl)c(C)c1C(=O)CSc1ccccc1. The molecule has 0 bridgehead atoms. The van der Waals surface area contributed by atoms with Crippen molar-refractivity contribution in [2.45, 2.75) is 18.7 Å². The highest BCUT2D eigenvalue weighted by Gasteiger charge is 2.19. The average molecular weight is 321 g/mol. The molecule has 0 spiro atoms. The van der Waals surface area contributed by atoms with Gasteiger partial charge in [-0.05, 0) is 43.2 Å². The number of hydrogen-bond donors (Lipinski definition) is 0. The van der Waals surface area contributed by atoms with E-state index < -0.39 is 0 Å². The van der Waals surface area contributed by atoms with Crippen LogP contribution < -0.4 is 4.74 Å². The fourth-order valence-electron chi connectivity index (χ4n) is 2.17. The summed E-state index contributed by atoms with van der Waals surface area (Å²) in [4.78, 5) is 13.6. The third-order valence-electron chi connectivity index (χ3n) is 3.26. The van der Waals surface area contributed by atoms with Crippen LogP contribution in [0.2, 0.25) is 5.02 Å². The van der Waals surface area contributed by atoms with Crippen LogP contribution in [0.25, 0.3) is 0 Å². The normalized spacial score (nSPS) is 10.5. The molecule has 2 aromatic carbocycles. The zero-order valence-electron chi connectivity index (χ0n) is 12.3. The van der Waals surface area contributed by atoms with E-state index in [0.717, 1.165) is 16.0 Å². The highest BCUT2D eigenvalue weighted by atomic mass is 35.5. The lowest BCUT2D eigenvalue weighted by atomic mass is 10.0. The van der Waals surface area contributed by atoms with Crippen LogP contribution in [0.3, 0.4) is 0 Å². The highest BCUT2D eigenvalue weighted by molar-refractivity contribution is 8.00. The van der Waals surface area contributed by atoms with Crippen molar-refractivity contribution in [1.29, 1.82) is 0 Å². The van der Waals surface area contributed by atoms with Crippen molar-refractivity contribution in [2.75, 3.05) is 12.9 Å². The fraction of sp³-hybridized carbons (Fsp3) is 0.235. The highest BCUT2D eigenvalue weighted by Crippen LogP contribution is 2.33. The molecule has 0 aliphatic carbocycles. The first kappa shape index (κ1) is 15.9. The van der Waals surface area contributed by atoms with Gasteiger partial charge in [-0.1, -0.05) is 29.8 Å². The molecule has 0 unspecified atom stereocenters. The maximum absolute atomic E-state index is 12.5. The minimum absolute atomic E-state index is 0.0279. The van der Waals surface area contributed by atoms with Crippen LogP contribution in [0.15, 0.2) is 41.3 Å². The van der Waals surface area contributed by atoms with Crippen molar-refractivity contribution < 1.29 is 9.53 Å². The second-order valence-electron chi connectivity index (χ2n) is 4.73. The summed E-state index contributed by atoms with van der Waals surface area (Å²) in [5, 5.41) is 0.629. The molecular formula is C17H17ClO2S. The third kappa shape index (κ3) is 3.60. The van der Waals surface area contributed by atoms with Crippen LogP contribution in [-0.2, 0) is 0 Å². The van der Waals surface area contributed by atoms with E-state index in [2.05, 4.69) is 0 Å². The molecular weight excluding hydrogens is 304 g/mol. The zero-order chi connectivity index (χ0) is 15.4. The van der Waals surface area contributed by atoms with Gasteiger partial charge in [0.15, 0.2) is 5.78 Å². The maximum Gasteiger partial charge on any atom is 0.177 e. The van der Waals surface area contributed by atoms with Gasteiger partial charge in [0.2, 0.25) is 0 Å². The minimum Gasteiger partial charge on any atom is -0.496 e. The molecule has 0 heterocycles. The molecule has 0 aliphatic heterocycles. The van der Waals surface area contributed by atoms with E-state index in [4.69, 9.17) is 16.3 Å². The minimum atomic E-state index is 0.0279. The summed E-state index contributed by atoms with van der Waals surface area (Å²) >= 11 is 7.77. The van der Waals surface area contributed by atoms with Gasteiger partial charge in [-0.15, -0.1) is 11.8 Å². The summed E-state index contributed by atoms with van der Waals surface area (Å²) in [5.41, 5.74) is 2.28. The summed E-state index contributed by atoms with van der Waals surface area (Å²) in [6, 6.07) is 11.7. The molecule has 0 radical (unpaired) electrons. The van der Waals surface area contributed by atoms with E-state index in [0.29, 0.717) is 22.1 Å². The molecule has 110 valence electrons. The predicted molar refractivity (Wildman–Crippen MR) is 89.0 cm³/mol. The number of ether oxygens (including phenoxy) is 1. The van der Waals surface area contributed by atoms with Crippen LogP contribution in [0.1, 0.15) is 21.5 Å². The number of halogens is 1. The van der Waals surface area contributed by atoms with E-state index in [1.807, 2.05) is 50.2 Å². The molecule has 4 heteroatoms. The molecule has 0 saturated heterocycles. The van der Waals surface area contributed by atoms with Gasteiger partial charge in [0.25, 0.3) is 0 Å². The Morgan fingerprint density at radius 3 is 2.52 bits per heavy atom. The van der Waals surface area contributed by atoms with Gasteiger partial charge in [0.05, 0.1) is 18.4 Å². The quantitative estimate of drug-likeness (QED) is 0.576. The van der Waals surface area contributed by atoms with Gasteiger partial charge in [0.1, 0.15) is 5.75 Å². The van der Waals surface area contributed by atoms with Gasteiger partial charge in [0, 0.05) is 9.92 Å². The lowest BCUT2D eigenvalue weighted by Gasteiger charge is -2.14. The molecule has 2 rings (SSSR count). The Hall–Kier alpha value is -1.45. The molecule has 2 nitrogen and oxygen atoms in total. The summed E-state index contributed by atoms with van der Waals surface area (Å²) < 4.78 is 5.35. The van der Waals surface area contributed by atoms with Crippen LogP contribution in [-0.4, -0.2) is 18.6 Å². The molecule has 0 saturated carbocycles. The topological polar surface area (TPSA) is 26.3 Å². The lowest BCUT2D eigenvalue weighted by molar-refractivity contribution is 0.101. The molecule has 0 atom stereocenters. The smallest absolute Gasteiger partial charge is 0.177 e. The zero-order valence-corrected chi connectivity index (χ0v) is 13.8. The molecule has 0 amide bonds. The number of aryl methyl sites for hydroxylation is 1. The van der Waals surface area contributed by atoms with Crippen LogP contribution in [0.5, 0.6) is 5.75 Å². The first-order valence-corrected chi connectivity index (χ1v) is 7.95. The van der Waals surface area contributed by atoms with Crippen molar-refractivity contribution in [1.82, 2.24) is 0 Å². The second kappa shape index (κ2) is 7.01. The third-order valence-corrected chi connectivity index (χ3v) is 4.85. The molecule has 0 N–H and O–H groups in total. The Kier molecular flexibility index (Phi) is 5.32. The van der Waals surface area contributed by atoms with E-state index in [9.17, 15) is 4.79 Å². The Balaban J connectivity index is 2.25. The van der Waals surface area contributed by atoms with Crippen molar-refractivity contribution in [3.8, 4) is 5.75 Å². The lowest BCUT2D eigenvalue weighted by Crippen LogP contribution is -2.08. The molecule has 0 aromatic heterocycles. The second-order valence-corrected chi connectivity index (χ2v) is 6.16. The van der Waals surface area contributed by atoms with Crippen molar-refractivity contribution >= 4 is 29.1 Å². The number of benzene rings is 2. The van der Waals surface area contributed by atoms with Gasteiger partial charge >= 0.3 is 0 Å². The van der Waals surface area contributed by atoms with E-state index in [1.54, 1.807) is 7.11 Å². The fourth-order valence-corrected chi connectivity index (χ4v) is 3.11. The summed E-state index contributed by atoms with van der Waals surface area (Å²) in [6.07, 6.45) is 0. The molecule has 2 aromatic rings. The van der Waals surface area contributed by atoms with Gasteiger partial charge in [-0.3, -0.25) is 4.79 Å². The molecule has 21 heavy (non-hydrogen) atoms. The van der Waals surface area contributed by atoms with Crippen LogP contribution >= 0.6 is 23.4 Å². The number of carbonyl (C=O) groups excluding carboxylic acids is 1. The number of Topliss-reactive ketones (excluding diaryl/α,β-unsaturated/α-hetero) is 1. The van der Waals surface area contributed by atoms with Crippen molar-refractivity contribution in [3.63, 3.8) is 0 Å². The van der Waals surface area contributed by atoms with E-state index >= 15 is 0 Å². The monoisotopic (exact) mass is 320 g/mol. The van der Waals surface area contributed by atoms with Gasteiger partial charge in [-0.2, -0.15) is 0 Å². The average Bonchev–Trinajstić information content (AvgIpc) is 2.51. The first-order valence-electron chi connectivity index (χ1n) is 6.59. The van der Waals surface area contributed by atoms with Crippen LogP contribution in [0, 0.1) is 13.8 Å². The molecule has 0 aliphatic rings. The molecule has 0 fully saturated rings. The van der Waals surface area contributed by atoms with Gasteiger partial charge < -0.3 is 4.74 Å². The number of methoxy groups -OCH3 is 1. The number of carbonyl (C=O) groups is 1. The summed E-state index contributed by atoms with van der Waals surface area (Å²) in [5.74, 6) is 0.980. The number of hydrogen-bond acceptors (Lipinski definition) is 3. The summed E-state index contributed by atoms with van der Waals surface area (Å²) in [7, 11) is 1.57. The standard InChI is InChI=1S/C17H17ClO2S/c1-11-9-15(20-3)16(12(2)17(11)18)14(19)10-21-13-7-5-4-6-8-13/h4-9H,10H2,1-3H3. The first-order chi connectivity index (χ1) is 10.0. The van der Waals surface area contributed by atoms with Crippen molar-refractivity contribution in [3.05, 3.63) is 58.1 Å². The van der Waals surface area contributed by atoms with Gasteiger partial charge in [-0.25, -0.2) is 0 Å². The number of ketones is 1. The largest absolute Gasteiger partial charge is 0.496 e. The Morgan fingerprint density at radius 2 is 1.90 bits per heavy atom. The number of rotatable bonds is 5. The Labute approximate surface area is 134 Å². The van der Waals surface area contributed by atoms with E-state index in [-0.39, 0.29) is 5.78 Å². The van der Waals surface area contributed by atoms with E-state index in [1.165, 1.54) is 11.8 Å². The Bertz CT molecular complexity index is 654. The predicted octanol–water partition coefficient (Wildman–Crippen LogP) is 4.94. The Morgan fingerprint density at radius 1 is 1.24 bits per heavy atom. The number of thioether (sulfide) groups is 1. The maximum atomic E-state index is 12.5. The van der Waals surface area contributed by atoms with Crippen LogP contribution in [0.4, 0.5) is 0 Å².